The van der Waals surface area contributed by atoms with E-state index in [2.05, 4.69) is 4.99 Å². The molecule has 1 atom stereocenters. The summed E-state index contributed by atoms with van der Waals surface area (Å²) in [6.07, 6.45) is 1.68. The SMILES string of the molecule is CN(C)C(=NCc1ccc(S(C)=O)cc1)N(C)C. The van der Waals surface area contributed by atoms with Crippen LogP contribution in [-0.4, -0.2) is 54.4 Å². The van der Waals surface area contributed by atoms with E-state index in [4.69, 9.17) is 0 Å². The van der Waals surface area contributed by atoms with Crippen LogP contribution in [0.25, 0.3) is 0 Å². The molecule has 1 aromatic rings. The standard InChI is InChI=1S/C13H21N3OS/c1-15(2)13(16(3)4)14-10-11-6-8-12(9-7-11)18(5)17/h6-9H,10H2,1-5H3. The fraction of sp³-hybridized carbons (Fsp3) is 0.462. The normalized spacial score (nSPS) is 11.8. The van der Waals surface area contributed by atoms with Gasteiger partial charge >= 0.3 is 0 Å². The third-order valence-electron chi connectivity index (χ3n) is 2.46. The average Bonchev–Trinajstić information content (AvgIpc) is 2.28. The number of nitrogens with zero attached hydrogens (tertiary/aromatic N) is 3. The molecule has 1 rings (SSSR count). The zero-order valence-corrected chi connectivity index (χ0v) is 12.5. The van der Waals surface area contributed by atoms with Crippen LogP contribution in [0.4, 0.5) is 0 Å². The van der Waals surface area contributed by atoms with Crippen molar-refractivity contribution < 1.29 is 4.21 Å². The number of hydrogen-bond donors (Lipinski definition) is 0. The minimum atomic E-state index is -0.917. The highest BCUT2D eigenvalue weighted by Gasteiger charge is 2.04. The van der Waals surface area contributed by atoms with Crippen LogP contribution < -0.4 is 0 Å². The van der Waals surface area contributed by atoms with Gasteiger partial charge in [0.1, 0.15) is 0 Å². The molecule has 0 spiro atoms. The Morgan fingerprint density at radius 3 is 2.00 bits per heavy atom. The number of aliphatic imine (C=N–C) groups is 1. The molecule has 0 saturated carbocycles. The molecule has 4 nitrogen and oxygen atoms in total. The first-order valence-corrected chi connectivity index (χ1v) is 7.29. The second kappa shape index (κ2) is 6.54. The second-order valence-electron chi connectivity index (χ2n) is 4.50. The van der Waals surface area contributed by atoms with Crippen LogP contribution in [0, 0.1) is 0 Å². The molecule has 0 N–H and O–H groups in total. The fourth-order valence-corrected chi connectivity index (χ4v) is 2.15. The van der Waals surface area contributed by atoms with Crippen LogP contribution in [0.15, 0.2) is 34.2 Å². The van der Waals surface area contributed by atoms with E-state index >= 15 is 0 Å². The van der Waals surface area contributed by atoms with Crippen molar-refractivity contribution in [2.24, 2.45) is 4.99 Å². The Balaban J connectivity index is 2.78. The van der Waals surface area contributed by atoms with E-state index in [-0.39, 0.29) is 0 Å². The van der Waals surface area contributed by atoms with Crippen molar-refractivity contribution in [2.75, 3.05) is 34.4 Å². The summed E-state index contributed by atoms with van der Waals surface area (Å²) in [5, 5.41) is 0. The minimum Gasteiger partial charge on any atom is -0.349 e. The van der Waals surface area contributed by atoms with Crippen LogP contribution in [-0.2, 0) is 17.3 Å². The third kappa shape index (κ3) is 4.14. The summed E-state index contributed by atoms with van der Waals surface area (Å²) in [5.41, 5.74) is 1.12. The van der Waals surface area contributed by atoms with Crippen LogP contribution in [0.5, 0.6) is 0 Å². The number of hydrogen-bond acceptors (Lipinski definition) is 2. The first-order valence-electron chi connectivity index (χ1n) is 5.73. The highest BCUT2D eigenvalue weighted by molar-refractivity contribution is 7.84. The van der Waals surface area contributed by atoms with E-state index in [0.29, 0.717) is 6.54 Å². The summed E-state index contributed by atoms with van der Waals surface area (Å²) in [6, 6.07) is 7.74. The zero-order valence-electron chi connectivity index (χ0n) is 11.7. The second-order valence-corrected chi connectivity index (χ2v) is 5.88. The molecule has 0 amide bonds. The Kier molecular flexibility index (Phi) is 5.34. The third-order valence-corrected chi connectivity index (χ3v) is 3.39. The van der Waals surface area contributed by atoms with Crippen molar-refractivity contribution in [3.8, 4) is 0 Å². The Morgan fingerprint density at radius 2 is 1.61 bits per heavy atom. The van der Waals surface area contributed by atoms with Gasteiger partial charge in [-0.1, -0.05) is 12.1 Å². The van der Waals surface area contributed by atoms with Gasteiger partial charge in [-0.3, -0.25) is 4.21 Å². The van der Waals surface area contributed by atoms with Gasteiger partial charge in [-0.25, -0.2) is 4.99 Å². The Bertz CT molecular complexity index is 428. The topological polar surface area (TPSA) is 35.9 Å². The van der Waals surface area contributed by atoms with Crippen molar-refractivity contribution in [3.05, 3.63) is 29.8 Å². The molecule has 0 aromatic heterocycles. The van der Waals surface area contributed by atoms with Gasteiger partial charge in [-0.2, -0.15) is 0 Å². The Morgan fingerprint density at radius 1 is 1.11 bits per heavy atom. The Labute approximate surface area is 112 Å². The molecule has 0 radical (unpaired) electrons. The highest BCUT2D eigenvalue weighted by Crippen LogP contribution is 2.09. The van der Waals surface area contributed by atoms with Crippen LogP contribution in [0.2, 0.25) is 0 Å². The summed E-state index contributed by atoms with van der Waals surface area (Å²) < 4.78 is 11.3. The van der Waals surface area contributed by atoms with Gasteiger partial charge < -0.3 is 9.80 Å². The zero-order chi connectivity index (χ0) is 13.7. The smallest absolute Gasteiger partial charge is 0.195 e. The number of benzene rings is 1. The molecule has 0 aliphatic heterocycles. The van der Waals surface area contributed by atoms with Gasteiger partial charge in [0.05, 0.1) is 6.54 Å². The lowest BCUT2D eigenvalue weighted by atomic mass is 10.2. The van der Waals surface area contributed by atoms with E-state index in [1.54, 1.807) is 6.26 Å². The van der Waals surface area contributed by atoms with Crippen molar-refractivity contribution in [1.82, 2.24) is 9.80 Å². The molecule has 0 aliphatic carbocycles. The monoisotopic (exact) mass is 267 g/mol. The van der Waals surface area contributed by atoms with Crippen molar-refractivity contribution in [1.29, 1.82) is 0 Å². The molecule has 0 aliphatic rings. The molecule has 1 unspecified atom stereocenters. The van der Waals surface area contributed by atoms with E-state index in [1.165, 1.54) is 0 Å². The molecule has 100 valence electrons. The first kappa shape index (κ1) is 14.7. The van der Waals surface area contributed by atoms with Gasteiger partial charge in [0.2, 0.25) is 0 Å². The lowest BCUT2D eigenvalue weighted by Crippen LogP contribution is -2.35. The highest BCUT2D eigenvalue weighted by atomic mass is 32.2. The number of guanidine groups is 1. The Hall–Kier alpha value is -1.36. The molecule has 1 aromatic carbocycles. The predicted octanol–water partition coefficient (Wildman–Crippen LogP) is 1.40. The van der Waals surface area contributed by atoms with Crippen molar-refractivity contribution >= 4 is 16.8 Å². The largest absolute Gasteiger partial charge is 0.349 e. The lowest BCUT2D eigenvalue weighted by molar-refractivity contribution is 0.479. The molecular weight excluding hydrogens is 246 g/mol. The number of rotatable bonds is 3. The van der Waals surface area contributed by atoms with E-state index in [1.807, 2.05) is 62.3 Å². The summed E-state index contributed by atoms with van der Waals surface area (Å²) in [4.78, 5) is 9.37. The van der Waals surface area contributed by atoms with Crippen molar-refractivity contribution in [3.63, 3.8) is 0 Å². The molecule has 0 bridgehead atoms. The minimum absolute atomic E-state index is 0.627. The van der Waals surface area contributed by atoms with E-state index < -0.39 is 10.8 Å². The maximum Gasteiger partial charge on any atom is 0.195 e. The molecule has 0 saturated heterocycles. The summed E-state index contributed by atoms with van der Waals surface area (Å²) >= 11 is 0. The molecule has 0 fully saturated rings. The predicted molar refractivity (Wildman–Crippen MR) is 77.3 cm³/mol. The maximum atomic E-state index is 11.3. The van der Waals surface area contributed by atoms with Crippen LogP contribution >= 0.6 is 0 Å². The van der Waals surface area contributed by atoms with E-state index in [0.717, 1.165) is 16.4 Å². The van der Waals surface area contributed by atoms with Gasteiger partial charge in [0, 0.05) is 50.1 Å². The van der Waals surface area contributed by atoms with Crippen LogP contribution in [0.1, 0.15) is 5.56 Å². The van der Waals surface area contributed by atoms with Gasteiger partial charge in [0.15, 0.2) is 5.96 Å². The first-order chi connectivity index (χ1) is 8.41. The van der Waals surface area contributed by atoms with Gasteiger partial charge in [-0.15, -0.1) is 0 Å². The summed E-state index contributed by atoms with van der Waals surface area (Å²) in [6.45, 7) is 0.627. The summed E-state index contributed by atoms with van der Waals surface area (Å²) in [5.74, 6) is 0.929. The van der Waals surface area contributed by atoms with Crippen LogP contribution in [0.3, 0.4) is 0 Å². The van der Waals surface area contributed by atoms with Crippen molar-refractivity contribution in [2.45, 2.75) is 11.4 Å². The quantitative estimate of drug-likeness (QED) is 0.613. The van der Waals surface area contributed by atoms with E-state index in [9.17, 15) is 4.21 Å². The fourth-order valence-electron chi connectivity index (χ4n) is 1.63. The maximum absolute atomic E-state index is 11.3. The molecule has 5 heteroatoms. The molecule has 0 heterocycles. The average molecular weight is 267 g/mol. The molecule has 18 heavy (non-hydrogen) atoms. The summed E-state index contributed by atoms with van der Waals surface area (Å²) in [7, 11) is 6.98. The molecular formula is C13H21N3OS. The van der Waals surface area contributed by atoms with Gasteiger partial charge in [-0.05, 0) is 17.7 Å². The van der Waals surface area contributed by atoms with Gasteiger partial charge in [0.25, 0.3) is 0 Å². The lowest BCUT2D eigenvalue weighted by Gasteiger charge is -2.22.